The number of nitrogens with zero attached hydrogens (tertiary/aromatic N) is 1. The molecule has 0 aliphatic rings. The molecule has 0 fully saturated rings. The van der Waals surface area contributed by atoms with Gasteiger partial charge >= 0.3 is 0 Å². The summed E-state index contributed by atoms with van der Waals surface area (Å²) in [7, 11) is 1.63. The Bertz CT molecular complexity index is 1120. The lowest BCUT2D eigenvalue weighted by atomic mass is 10.2. The molecule has 0 saturated carbocycles. The van der Waals surface area contributed by atoms with E-state index in [0.717, 1.165) is 37.8 Å². The molecule has 0 radical (unpaired) electrons. The van der Waals surface area contributed by atoms with E-state index >= 15 is 0 Å². The van der Waals surface area contributed by atoms with E-state index in [1.54, 1.807) is 30.7 Å². The lowest BCUT2D eigenvalue weighted by Gasteiger charge is -2.21. The molecule has 0 spiro atoms. The maximum atomic E-state index is 12.5. The van der Waals surface area contributed by atoms with Gasteiger partial charge in [-0.05, 0) is 42.5 Å². The van der Waals surface area contributed by atoms with Crippen molar-refractivity contribution in [2.24, 2.45) is 0 Å². The molecule has 0 aliphatic carbocycles. The second-order valence-electron chi connectivity index (χ2n) is 6.70. The van der Waals surface area contributed by atoms with Gasteiger partial charge in [-0.1, -0.05) is 48.2 Å². The fraction of sp³-hybridized carbons (Fsp3) is 0.125. The summed E-state index contributed by atoms with van der Waals surface area (Å²) >= 11 is 1.72. The van der Waals surface area contributed by atoms with E-state index in [9.17, 15) is 4.79 Å². The Hall–Kier alpha value is -3.18. The van der Waals surface area contributed by atoms with Gasteiger partial charge in [0, 0.05) is 33.3 Å². The van der Waals surface area contributed by atoms with Gasteiger partial charge in [-0.25, -0.2) is 0 Å². The van der Waals surface area contributed by atoms with Crippen molar-refractivity contribution in [3.8, 4) is 5.75 Å². The molecule has 5 heteroatoms. The van der Waals surface area contributed by atoms with Crippen molar-refractivity contribution in [2.75, 3.05) is 12.0 Å². The van der Waals surface area contributed by atoms with Gasteiger partial charge in [-0.15, -0.1) is 0 Å². The van der Waals surface area contributed by atoms with Crippen molar-refractivity contribution < 1.29 is 9.53 Å². The molecule has 3 aromatic carbocycles. The molecule has 1 N–H and O–H groups in total. The van der Waals surface area contributed by atoms with E-state index in [-0.39, 0.29) is 5.91 Å². The number of rotatable bonds is 6. The summed E-state index contributed by atoms with van der Waals surface area (Å²) in [6, 6.07) is 26.1. The molecule has 4 rings (SSSR count). The molecule has 0 atom stereocenters. The first-order valence-electron chi connectivity index (χ1n) is 9.40. The molecule has 0 unspecified atom stereocenters. The average molecular weight is 403 g/mol. The van der Waals surface area contributed by atoms with Crippen molar-refractivity contribution >= 4 is 34.3 Å². The van der Waals surface area contributed by atoms with Crippen molar-refractivity contribution in [1.29, 1.82) is 0 Å². The van der Waals surface area contributed by atoms with Crippen LogP contribution in [-0.4, -0.2) is 18.0 Å². The molecule has 1 aromatic heterocycles. The van der Waals surface area contributed by atoms with Gasteiger partial charge in [-0.3, -0.25) is 4.79 Å². The van der Waals surface area contributed by atoms with Crippen LogP contribution in [0, 0.1) is 0 Å². The average Bonchev–Trinajstić information content (AvgIpc) is 3.10. The van der Waals surface area contributed by atoms with Crippen LogP contribution in [-0.2, 0) is 11.3 Å². The molecule has 1 heterocycles. The molecule has 4 nitrogen and oxygen atoms in total. The highest BCUT2D eigenvalue weighted by molar-refractivity contribution is 7.99. The number of para-hydroxylation sites is 1. The molecule has 4 aromatic rings. The minimum absolute atomic E-state index is 0.00974. The normalized spacial score (nSPS) is 10.8. The highest BCUT2D eigenvalue weighted by atomic mass is 32.2. The molecule has 146 valence electrons. The SMILES string of the molecule is COc1ccc(N(Cc2[nH]c3ccccc3c2Sc2ccccc2)C(C)=O)cc1. The summed E-state index contributed by atoms with van der Waals surface area (Å²) in [5.74, 6) is 0.757. The zero-order valence-electron chi connectivity index (χ0n) is 16.4. The van der Waals surface area contributed by atoms with Crippen LogP contribution >= 0.6 is 11.8 Å². The lowest BCUT2D eigenvalue weighted by molar-refractivity contribution is -0.116. The fourth-order valence-electron chi connectivity index (χ4n) is 3.31. The van der Waals surface area contributed by atoms with Crippen LogP contribution in [0.1, 0.15) is 12.6 Å². The Morgan fingerprint density at radius 3 is 2.34 bits per heavy atom. The molecule has 29 heavy (non-hydrogen) atoms. The summed E-state index contributed by atoms with van der Waals surface area (Å²) in [6.07, 6.45) is 0. The number of fused-ring (bicyclic) bond motifs is 1. The number of hydrogen-bond donors (Lipinski definition) is 1. The number of ether oxygens (including phenoxy) is 1. The van der Waals surface area contributed by atoms with Crippen molar-refractivity contribution in [3.05, 3.63) is 84.6 Å². The quantitative estimate of drug-likeness (QED) is 0.438. The first-order chi connectivity index (χ1) is 14.2. The third-order valence-electron chi connectivity index (χ3n) is 4.77. The van der Waals surface area contributed by atoms with Gasteiger partial charge in [0.2, 0.25) is 5.91 Å². The maximum Gasteiger partial charge on any atom is 0.224 e. The summed E-state index contributed by atoms with van der Waals surface area (Å²) in [5.41, 5.74) is 2.93. The second-order valence-corrected chi connectivity index (χ2v) is 7.78. The summed E-state index contributed by atoms with van der Waals surface area (Å²) < 4.78 is 5.24. The van der Waals surface area contributed by atoms with E-state index in [2.05, 4.69) is 29.2 Å². The number of anilines is 1. The van der Waals surface area contributed by atoms with Gasteiger partial charge in [0.15, 0.2) is 0 Å². The van der Waals surface area contributed by atoms with Gasteiger partial charge in [0.25, 0.3) is 0 Å². The van der Waals surface area contributed by atoms with Crippen LogP contribution < -0.4 is 9.64 Å². The fourth-order valence-corrected chi connectivity index (χ4v) is 4.37. The minimum Gasteiger partial charge on any atom is -0.497 e. The Morgan fingerprint density at radius 1 is 0.966 bits per heavy atom. The second kappa shape index (κ2) is 8.45. The summed E-state index contributed by atoms with van der Waals surface area (Å²) in [6.45, 7) is 2.06. The molecule has 1 amide bonds. The standard InChI is InChI=1S/C24H22N2O2S/c1-17(27)26(18-12-14-19(28-2)15-13-18)16-23-24(29-20-8-4-3-5-9-20)21-10-6-7-11-22(21)25-23/h3-15,25H,16H2,1-2H3. The number of H-pyrrole nitrogens is 1. The van der Waals surface area contributed by atoms with Crippen molar-refractivity contribution in [3.63, 3.8) is 0 Å². The lowest BCUT2D eigenvalue weighted by Crippen LogP contribution is -2.28. The molecule has 0 bridgehead atoms. The van der Waals surface area contributed by atoms with E-state index < -0.39 is 0 Å². The topological polar surface area (TPSA) is 45.3 Å². The highest BCUT2D eigenvalue weighted by Gasteiger charge is 2.19. The maximum absolute atomic E-state index is 12.5. The number of amides is 1. The number of carbonyl (C=O) groups excluding carboxylic acids is 1. The van der Waals surface area contributed by atoms with E-state index in [1.807, 2.05) is 54.6 Å². The van der Waals surface area contributed by atoms with Crippen LogP contribution in [0.15, 0.2) is 88.7 Å². The molecule has 0 aliphatic heterocycles. The monoisotopic (exact) mass is 402 g/mol. The third kappa shape index (κ3) is 4.15. The number of benzene rings is 3. The first kappa shape index (κ1) is 19.2. The molecular weight excluding hydrogens is 380 g/mol. The smallest absolute Gasteiger partial charge is 0.224 e. The van der Waals surface area contributed by atoms with Crippen LogP contribution in [0.4, 0.5) is 5.69 Å². The van der Waals surface area contributed by atoms with Crippen LogP contribution in [0.3, 0.4) is 0 Å². The highest BCUT2D eigenvalue weighted by Crippen LogP contribution is 2.37. The number of nitrogens with one attached hydrogen (secondary N) is 1. The van der Waals surface area contributed by atoms with Crippen LogP contribution in [0.25, 0.3) is 10.9 Å². The predicted molar refractivity (Wildman–Crippen MR) is 119 cm³/mol. The first-order valence-corrected chi connectivity index (χ1v) is 10.2. The van der Waals surface area contributed by atoms with Gasteiger partial charge in [0.1, 0.15) is 5.75 Å². The van der Waals surface area contributed by atoms with Gasteiger partial charge in [0.05, 0.1) is 19.3 Å². The number of hydrogen-bond acceptors (Lipinski definition) is 3. The summed E-state index contributed by atoms with van der Waals surface area (Å²) in [5, 5.41) is 1.16. The molecular formula is C24H22N2O2S. The van der Waals surface area contributed by atoms with Crippen molar-refractivity contribution in [1.82, 2.24) is 4.98 Å². The van der Waals surface area contributed by atoms with Crippen molar-refractivity contribution in [2.45, 2.75) is 23.3 Å². The zero-order chi connectivity index (χ0) is 20.2. The number of methoxy groups -OCH3 is 1. The zero-order valence-corrected chi connectivity index (χ0v) is 17.2. The predicted octanol–water partition coefficient (Wildman–Crippen LogP) is 5.88. The molecule has 0 saturated heterocycles. The van der Waals surface area contributed by atoms with E-state index in [0.29, 0.717) is 6.54 Å². The minimum atomic E-state index is -0.00974. The Balaban J connectivity index is 1.73. The van der Waals surface area contributed by atoms with Crippen LogP contribution in [0.2, 0.25) is 0 Å². The van der Waals surface area contributed by atoms with Gasteiger partial charge < -0.3 is 14.6 Å². The Labute approximate surface area is 174 Å². The number of aromatic nitrogens is 1. The Morgan fingerprint density at radius 2 is 1.66 bits per heavy atom. The summed E-state index contributed by atoms with van der Waals surface area (Å²) in [4.78, 5) is 20.1. The third-order valence-corrected chi connectivity index (χ3v) is 5.95. The van der Waals surface area contributed by atoms with E-state index in [4.69, 9.17) is 4.74 Å². The van der Waals surface area contributed by atoms with E-state index in [1.165, 1.54) is 0 Å². The number of aromatic amines is 1. The number of carbonyl (C=O) groups is 1. The largest absolute Gasteiger partial charge is 0.497 e. The van der Waals surface area contributed by atoms with Gasteiger partial charge in [-0.2, -0.15) is 0 Å². The van der Waals surface area contributed by atoms with Crippen LogP contribution in [0.5, 0.6) is 5.75 Å². The Kier molecular flexibility index (Phi) is 5.58.